The second-order valence-corrected chi connectivity index (χ2v) is 13.1. The van der Waals surface area contributed by atoms with Crippen molar-refractivity contribution < 1.29 is 48.3 Å². The van der Waals surface area contributed by atoms with Crippen molar-refractivity contribution in [3.05, 3.63) is 35.9 Å². The van der Waals surface area contributed by atoms with Crippen molar-refractivity contribution in [1.82, 2.24) is 0 Å². The van der Waals surface area contributed by atoms with Gasteiger partial charge in [0.25, 0.3) is 0 Å². The van der Waals surface area contributed by atoms with Gasteiger partial charge in [-0.2, -0.15) is 0 Å². The van der Waals surface area contributed by atoms with Gasteiger partial charge in [0.05, 0.1) is 29.6 Å². The molecule has 5 rings (SSSR count). The zero-order valence-electron chi connectivity index (χ0n) is 24.4. The maximum atomic E-state index is 14.8. The van der Waals surface area contributed by atoms with E-state index in [0.717, 1.165) is 0 Å². The lowest BCUT2D eigenvalue weighted by Crippen LogP contribution is -2.82. The van der Waals surface area contributed by atoms with Gasteiger partial charge in [0.2, 0.25) is 0 Å². The third-order valence-corrected chi connectivity index (χ3v) is 10.7. The van der Waals surface area contributed by atoms with Crippen LogP contribution in [0.25, 0.3) is 0 Å². The molecule has 1 aliphatic heterocycles. The first kappa shape index (κ1) is 29.7. The van der Waals surface area contributed by atoms with E-state index in [-0.39, 0.29) is 30.9 Å². The largest absolute Gasteiger partial charge is 0.455 e. The lowest BCUT2D eigenvalue weighted by Gasteiger charge is -2.68. The van der Waals surface area contributed by atoms with E-state index < -0.39 is 82.0 Å². The van der Waals surface area contributed by atoms with E-state index in [1.165, 1.54) is 20.8 Å². The van der Waals surface area contributed by atoms with Gasteiger partial charge in [0.1, 0.15) is 17.8 Å². The van der Waals surface area contributed by atoms with Gasteiger partial charge in [-0.15, -0.1) is 0 Å². The molecule has 2 bridgehead atoms. The molecule has 0 radical (unpaired) electrons. The van der Waals surface area contributed by atoms with Crippen LogP contribution in [-0.4, -0.2) is 76.1 Å². The summed E-state index contributed by atoms with van der Waals surface area (Å²) < 4.78 is 23.8. The van der Waals surface area contributed by atoms with Gasteiger partial charge in [0.15, 0.2) is 17.5 Å². The zero-order chi connectivity index (χ0) is 30.1. The van der Waals surface area contributed by atoms with Gasteiger partial charge < -0.3 is 29.2 Å². The molecule has 2 N–H and O–H groups in total. The van der Waals surface area contributed by atoms with E-state index in [0.29, 0.717) is 6.42 Å². The molecule has 41 heavy (non-hydrogen) atoms. The van der Waals surface area contributed by atoms with Crippen LogP contribution in [0.4, 0.5) is 0 Å². The number of ketones is 1. The molecule has 10 atom stereocenters. The van der Waals surface area contributed by atoms with Gasteiger partial charge in [-0.1, -0.05) is 39.0 Å². The maximum Gasteiger partial charge on any atom is 0.338 e. The van der Waals surface area contributed by atoms with Crippen LogP contribution in [0, 0.1) is 28.6 Å². The van der Waals surface area contributed by atoms with E-state index in [4.69, 9.17) is 18.9 Å². The molecule has 10 heteroatoms. The Morgan fingerprint density at radius 3 is 2.24 bits per heavy atom. The Morgan fingerprint density at radius 1 is 1.02 bits per heavy atom. The first-order valence-electron chi connectivity index (χ1n) is 14.3. The molecule has 4 aliphatic rings. The minimum Gasteiger partial charge on any atom is -0.455 e. The predicted octanol–water partition coefficient (Wildman–Crippen LogP) is 2.62. The first-order chi connectivity index (χ1) is 19.1. The van der Waals surface area contributed by atoms with Gasteiger partial charge in [-0.05, 0) is 37.8 Å². The second-order valence-electron chi connectivity index (χ2n) is 13.1. The predicted molar refractivity (Wildman–Crippen MR) is 143 cm³/mol. The Morgan fingerprint density at radius 2 is 1.68 bits per heavy atom. The standard InChI is InChI=1S/C31H40O10/c1-16-12-13-31(37)26(40-27(36)19-10-8-7-9-11-19)24-29(6,20(34)14-21-30(24,15-38-21)41-18(3)33)25(35)23(39-17(2)32)22(16)28(31,4)5/h7-11,16,20-24,26,34,37H,12-15H2,1-6H3/t16?,20-,21+,22?,23+,24-,26-,29+,30-,31+/m0/s1. The number of rotatable bonds is 4. The topological polar surface area (TPSA) is 146 Å². The van der Waals surface area contributed by atoms with Crippen molar-refractivity contribution in [3.8, 4) is 0 Å². The maximum absolute atomic E-state index is 14.8. The molecular weight excluding hydrogens is 532 g/mol. The molecule has 3 saturated carbocycles. The van der Waals surface area contributed by atoms with E-state index in [9.17, 15) is 29.4 Å². The SMILES string of the molecule is CC(=O)O[C@H]1C(=O)[C@@]2(C)[C@H]([C@H](OC(=O)c3ccccc3)[C@]3(O)CCC(C)C1C3(C)C)[C@]1(OC(C)=O)CO[C@@H]1C[C@@H]2O. The van der Waals surface area contributed by atoms with Crippen LogP contribution < -0.4 is 0 Å². The lowest BCUT2D eigenvalue weighted by molar-refractivity contribution is -0.352. The van der Waals surface area contributed by atoms with Crippen molar-refractivity contribution in [3.63, 3.8) is 0 Å². The third kappa shape index (κ3) is 4.16. The number of ether oxygens (including phenoxy) is 4. The number of hydrogen-bond donors (Lipinski definition) is 2. The Bertz CT molecular complexity index is 1240. The Hall–Kier alpha value is -2.82. The summed E-state index contributed by atoms with van der Waals surface area (Å²) in [6.07, 6.45) is -4.25. The highest BCUT2D eigenvalue weighted by molar-refractivity contribution is 5.93. The minimum atomic E-state index is -1.77. The van der Waals surface area contributed by atoms with E-state index in [2.05, 4.69) is 0 Å². The summed E-state index contributed by atoms with van der Waals surface area (Å²) in [5.41, 5.74) is -5.91. The highest BCUT2D eigenvalue weighted by Gasteiger charge is 2.78. The summed E-state index contributed by atoms with van der Waals surface area (Å²) in [4.78, 5) is 53.4. The number of hydrogen-bond acceptors (Lipinski definition) is 10. The van der Waals surface area contributed by atoms with Crippen molar-refractivity contribution in [2.24, 2.45) is 28.6 Å². The fraction of sp³-hybridized carbons (Fsp3) is 0.677. The molecule has 2 unspecified atom stereocenters. The number of carbonyl (C=O) groups excluding carboxylic acids is 4. The summed E-state index contributed by atoms with van der Waals surface area (Å²) in [6, 6.07) is 8.29. The molecule has 1 heterocycles. The van der Waals surface area contributed by atoms with Crippen LogP contribution in [0.5, 0.6) is 0 Å². The number of aliphatic hydroxyl groups is 2. The van der Waals surface area contributed by atoms with Crippen molar-refractivity contribution in [2.75, 3.05) is 6.61 Å². The second kappa shape index (κ2) is 9.88. The van der Waals surface area contributed by atoms with Gasteiger partial charge in [-0.3, -0.25) is 14.4 Å². The van der Waals surface area contributed by atoms with Gasteiger partial charge in [-0.25, -0.2) is 4.79 Å². The molecule has 10 nitrogen and oxygen atoms in total. The molecule has 1 saturated heterocycles. The van der Waals surface area contributed by atoms with Crippen LogP contribution >= 0.6 is 0 Å². The Labute approximate surface area is 239 Å². The van der Waals surface area contributed by atoms with Crippen LogP contribution in [0.15, 0.2) is 30.3 Å². The number of benzene rings is 1. The molecule has 0 spiro atoms. The third-order valence-electron chi connectivity index (χ3n) is 10.7. The number of fused-ring (bicyclic) bond motifs is 5. The molecule has 1 aromatic carbocycles. The minimum absolute atomic E-state index is 0.0415. The Kier molecular flexibility index (Phi) is 7.15. The number of carbonyl (C=O) groups is 4. The summed E-state index contributed by atoms with van der Waals surface area (Å²) in [5.74, 6) is -4.64. The molecular formula is C31H40O10. The van der Waals surface area contributed by atoms with Crippen LogP contribution in [0.1, 0.15) is 71.2 Å². The van der Waals surface area contributed by atoms with Crippen LogP contribution in [0.2, 0.25) is 0 Å². The molecule has 4 fully saturated rings. The quantitative estimate of drug-likeness (QED) is 0.408. The number of esters is 3. The summed E-state index contributed by atoms with van der Waals surface area (Å²) >= 11 is 0. The Balaban J connectivity index is 1.79. The van der Waals surface area contributed by atoms with Crippen molar-refractivity contribution in [1.29, 1.82) is 0 Å². The fourth-order valence-electron chi connectivity index (χ4n) is 8.51. The van der Waals surface area contributed by atoms with Crippen molar-refractivity contribution >= 4 is 23.7 Å². The normalized spacial score (nSPS) is 42.7. The molecule has 1 aromatic rings. The number of aliphatic hydroxyl groups excluding tert-OH is 1. The molecule has 224 valence electrons. The van der Waals surface area contributed by atoms with Crippen LogP contribution in [0.3, 0.4) is 0 Å². The zero-order valence-corrected chi connectivity index (χ0v) is 24.4. The van der Waals surface area contributed by atoms with E-state index >= 15 is 0 Å². The molecule has 0 aromatic heterocycles. The fourth-order valence-corrected chi connectivity index (χ4v) is 8.51. The van der Waals surface area contributed by atoms with Gasteiger partial charge >= 0.3 is 17.9 Å². The summed E-state index contributed by atoms with van der Waals surface area (Å²) in [7, 11) is 0. The van der Waals surface area contributed by atoms with E-state index in [1.807, 2.05) is 6.92 Å². The summed E-state index contributed by atoms with van der Waals surface area (Å²) in [6.45, 7) is 9.38. The van der Waals surface area contributed by atoms with E-state index in [1.54, 1.807) is 44.2 Å². The van der Waals surface area contributed by atoms with Crippen molar-refractivity contribution in [2.45, 2.75) is 96.4 Å². The summed E-state index contributed by atoms with van der Waals surface area (Å²) in [5, 5.41) is 24.6. The average molecular weight is 573 g/mol. The van der Waals surface area contributed by atoms with Gasteiger partial charge in [0, 0.05) is 31.6 Å². The monoisotopic (exact) mass is 572 g/mol. The highest BCUT2D eigenvalue weighted by Crippen LogP contribution is 2.65. The van der Waals surface area contributed by atoms with Crippen LogP contribution in [-0.2, 0) is 33.3 Å². The average Bonchev–Trinajstić information content (AvgIpc) is 2.89. The molecule has 3 aliphatic carbocycles. The first-order valence-corrected chi connectivity index (χ1v) is 14.3. The smallest absolute Gasteiger partial charge is 0.338 e. The highest BCUT2D eigenvalue weighted by atomic mass is 16.6. The lowest BCUT2D eigenvalue weighted by atomic mass is 9.42. The number of Topliss-reactive ketones (excluding diaryl/α,β-unsaturated/α-hetero) is 1. The molecule has 0 amide bonds.